The van der Waals surface area contributed by atoms with Crippen LogP contribution in [0.5, 0.6) is 6.01 Å². The SMILES string of the molecule is Cc1cccc2cccc(N3CCc4c(nc(OCC5CCCC5)nc4N4CCC[C@@H](CC#N)C4)C3)c12. The smallest absolute Gasteiger partial charge is 0.318 e. The fraction of sp³-hybridized carbons (Fsp3) is 0.516. The number of aryl methyl sites for hydroxylation is 1. The second-order valence-corrected chi connectivity index (χ2v) is 11.2. The molecule has 2 fully saturated rings. The molecule has 1 saturated heterocycles. The lowest BCUT2D eigenvalue weighted by Crippen LogP contribution is -2.39. The summed E-state index contributed by atoms with van der Waals surface area (Å²) in [5.41, 5.74) is 4.94. The van der Waals surface area contributed by atoms with Gasteiger partial charge < -0.3 is 14.5 Å². The maximum absolute atomic E-state index is 9.30. The van der Waals surface area contributed by atoms with Crippen LogP contribution in [0.4, 0.5) is 11.5 Å². The van der Waals surface area contributed by atoms with Gasteiger partial charge in [-0.2, -0.15) is 15.2 Å². The normalized spacial score (nSPS) is 20.2. The van der Waals surface area contributed by atoms with E-state index < -0.39 is 0 Å². The Morgan fingerprint density at radius 3 is 2.62 bits per heavy atom. The van der Waals surface area contributed by atoms with Crippen LogP contribution in [-0.2, 0) is 13.0 Å². The lowest BCUT2D eigenvalue weighted by atomic mass is 9.94. The van der Waals surface area contributed by atoms with E-state index in [1.807, 2.05) is 0 Å². The molecule has 2 aliphatic heterocycles. The number of aromatic nitrogens is 2. The molecule has 2 aromatic carbocycles. The first-order valence-electron chi connectivity index (χ1n) is 14.1. The molecule has 0 N–H and O–H groups in total. The molecule has 1 saturated carbocycles. The van der Waals surface area contributed by atoms with E-state index in [2.05, 4.69) is 59.2 Å². The maximum atomic E-state index is 9.30. The molecular weight excluding hydrogens is 458 g/mol. The number of hydrogen-bond acceptors (Lipinski definition) is 6. The van der Waals surface area contributed by atoms with E-state index in [0.717, 1.165) is 57.0 Å². The van der Waals surface area contributed by atoms with Crippen molar-refractivity contribution in [2.24, 2.45) is 11.8 Å². The molecule has 1 atom stereocenters. The van der Waals surface area contributed by atoms with Crippen LogP contribution in [-0.4, -0.2) is 36.2 Å². The molecule has 0 bridgehead atoms. The number of benzene rings is 2. The molecule has 6 rings (SSSR count). The predicted molar refractivity (Wildman–Crippen MR) is 148 cm³/mol. The van der Waals surface area contributed by atoms with E-state index in [9.17, 15) is 5.26 Å². The Balaban J connectivity index is 1.34. The van der Waals surface area contributed by atoms with Crippen molar-refractivity contribution in [1.29, 1.82) is 5.26 Å². The first-order valence-corrected chi connectivity index (χ1v) is 14.1. The van der Waals surface area contributed by atoms with E-state index in [1.165, 1.54) is 53.3 Å². The lowest BCUT2D eigenvalue weighted by molar-refractivity contribution is 0.233. The molecule has 6 heteroatoms. The summed E-state index contributed by atoms with van der Waals surface area (Å²) in [6, 6.07) is 16.1. The van der Waals surface area contributed by atoms with E-state index >= 15 is 0 Å². The van der Waals surface area contributed by atoms with Gasteiger partial charge in [-0.1, -0.05) is 43.2 Å². The van der Waals surface area contributed by atoms with Crippen molar-refractivity contribution in [3.8, 4) is 12.1 Å². The molecule has 0 unspecified atom stereocenters. The highest BCUT2D eigenvalue weighted by atomic mass is 16.5. The Bertz CT molecular complexity index is 1300. The summed E-state index contributed by atoms with van der Waals surface area (Å²) >= 11 is 0. The van der Waals surface area contributed by atoms with E-state index in [-0.39, 0.29) is 0 Å². The van der Waals surface area contributed by atoms with Gasteiger partial charge in [0.15, 0.2) is 0 Å². The van der Waals surface area contributed by atoms with Gasteiger partial charge in [0.05, 0.1) is 24.9 Å². The van der Waals surface area contributed by atoms with Crippen molar-refractivity contribution in [3.05, 3.63) is 53.2 Å². The molecule has 37 heavy (non-hydrogen) atoms. The Hall–Kier alpha value is -3.33. The molecule has 3 heterocycles. The van der Waals surface area contributed by atoms with Gasteiger partial charge in [-0.15, -0.1) is 0 Å². The van der Waals surface area contributed by atoms with Crippen LogP contribution >= 0.6 is 0 Å². The number of ether oxygens (including phenoxy) is 1. The van der Waals surface area contributed by atoms with Crippen LogP contribution in [0.25, 0.3) is 10.8 Å². The second-order valence-electron chi connectivity index (χ2n) is 11.2. The lowest BCUT2D eigenvalue weighted by Gasteiger charge is -2.37. The van der Waals surface area contributed by atoms with Crippen molar-refractivity contribution in [2.45, 2.75) is 64.8 Å². The molecule has 0 amide bonds. The summed E-state index contributed by atoms with van der Waals surface area (Å²) in [5.74, 6) is 2.07. The number of anilines is 2. The quantitative estimate of drug-likeness (QED) is 0.406. The molecule has 192 valence electrons. The highest BCUT2D eigenvalue weighted by Gasteiger charge is 2.29. The minimum atomic E-state index is 0.408. The molecular formula is C31H37N5O. The third-order valence-corrected chi connectivity index (χ3v) is 8.58. The van der Waals surface area contributed by atoms with Crippen LogP contribution in [0.15, 0.2) is 36.4 Å². The van der Waals surface area contributed by atoms with Crippen LogP contribution in [0, 0.1) is 30.1 Å². The first kappa shape index (κ1) is 24.0. The fourth-order valence-electron chi connectivity index (χ4n) is 6.61. The van der Waals surface area contributed by atoms with Crippen molar-refractivity contribution >= 4 is 22.3 Å². The van der Waals surface area contributed by atoms with Crippen LogP contribution in [0.2, 0.25) is 0 Å². The molecule has 3 aliphatic rings. The van der Waals surface area contributed by atoms with Gasteiger partial charge in [0.2, 0.25) is 0 Å². The third-order valence-electron chi connectivity index (χ3n) is 8.58. The summed E-state index contributed by atoms with van der Waals surface area (Å²) in [5, 5.41) is 11.9. The largest absolute Gasteiger partial charge is 0.463 e. The topological polar surface area (TPSA) is 65.3 Å². The fourth-order valence-corrected chi connectivity index (χ4v) is 6.61. The molecule has 1 aliphatic carbocycles. The van der Waals surface area contributed by atoms with Gasteiger partial charge in [0.25, 0.3) is 0 Å². The Labute approximate surface area is 220 Å². The van der Waals surface area contributed by atoms with Crippen molar-refractivity contribution in [1.82, 2.24) is 9.97 Å². The summed E-state index contributed by atoms with van der Waals surface area (Å²) in [6.07, 6.45) is 8.84. The first-order chi connectivity index (χ1) is 18.2. The Morgan fingerprint density at radius 1 is 0.973 bits per heavy atom. The molecule has 0 spiro atoms. The zero-order chi connectivity index (χ0) is 25.2. The summed E-state index contributed by atoms with van der Waals surface area (Å²) in [6.45, 7) is 6.49. The van der Waals surface area contributed by atoms with Crippen LogP contribution < -0.4 is 14.5 Å². The molecule has 0 radical (unpaired) electrons. The number of fused-ring (bicyclic) bond motifs is 2. The zero-order valence-corrected chi connectivity index (χ0v) is 22.0. The Kier molecular flexibility index (Phi) is 6.87. The highest BCUT2D eigenvalue weighted by molar-refractivity contribution is 5.97. The number of rotatable bonds is 6. The van der Waals surface area contributed by atoms with Gasteiger partial charge in [-0.3, -0.25) is 0 Å². The van der Waals surface area contributed by atoms with E-state index in [1.54, 1.807) is 0 Å². The maximum Gasteiger partial charge on any atom is 0.318 e. The number of piperidine rings is 1. The molecule has 3 aromatic rings. The summed E-state index contributed by atoms with van der Waals surface area (Å²) in [4.78, 5) is 14.9. The van der Waals surface area contributed by atoms with E-state index in [4.69, 9.17) is 14.7 Å². The second kappa shape index (κ2) is 10.6. The average molecular weight is 496 g/mol. The summed E-state index contributed by atoms with van der Waals surface area (Å²) in [7, 11) is 0. The van der Waals surface area contributed by atoms with Crippen molar-refractivity contribution in [2.75, 3.05) is 36.0 Å². The number of nitrogens with zero attached hydrogens (tertiary/aromatic N) is 5. The van der Waals surface area contributed by atoms with Crippen molar-refractivity contribution < 1.29 is 4.74 Å². The van der Waals surface area contributed by atoms with Gasteiger partial charge >= 0.3 is 6.01 Å². The number of hydrogen-bond donors (Lipinski definition) is 0. The number of nitriles is 1. The van der Waals surface area contributed by atoms with Gasteiger partial charge in [0, 0.05) is 42.7 Å². The third kappa shape index (κ3) is 4.97. The van der Waals surface area contributed by atoms with E-state index in [0.29, 0.717) is 30.9 Å². The van der Waals surface area contributed by atoms with Gasteiger partial charge in [-0.05, 0) is 67.9 Å². The monoisotopic (exact) mass is 495 g/mol. The average Bonchev–Trinajstić information content (AvgIpc) is 3.45. The van der Waals surface area contributed by atoms with Crippen LogP contribution in [0.1, 0.15) is 61.8 Å². The minimum Gasteiger partial charge on any atom is -0.463 e. The van der Waals surface area contributed by atoms with Crippen LogP contribution in [0.3, 0.4) is 0 Å². The van der Waals surface area contributed by atoms with Gasteiger partial charge in [-0.25, -0.2) is 0 Å². The molecule has 1 aromatic heterocycles. The van der Waals surface area contributed by atoms with Gasteiger partial charge in [0.1, 0.15) is 5.82 Å². The standard InChI is InChI=1S/C31H37N5O/c1-22-7-4-11-25-12-5-13-28(29(22)25)35-18-15-26-27(20-35)33-31(37-21-24-8-2-3-9-24)34-30(26)36-17-6-10-23(19-36)14-16-32/h4-5,7,11-13,23-24H,2-3,6,8-10,14-15,17-21H2,1H3/t23-/m0/s1. The Morgan fingerprint density at radius 2 is 1.78 bits per heavy atom. The van der Waals surface area contributed by atoms with Crippen molar-refractivity contribution in [3.63, 3.8) is 0 Å². The zero-order valence-electron chi connectivity index (χ0n) is 22.0. The predicted octanol–water partition coefficient (Wildman–Crippen LogP) is 6.20. The molecule has 6 nitrogen and oxygen atoms in total. The highest BCUT2D eigenvalue weighted by Crippen LogP contribution is 2.36. The minimum absolute atomic E-state index is 0.408. The summed E-state index contributed by atoms with van der Waals surface area (Å²) < 4.78 is 6.27.